The zero-order valence-electron chi connectivity index (χ0n) is 18.1. The Balaban J connectivity index is 1.80. The number of hydrogen-bond acceptors (Lipinski definition) is 6. The molecule has 3 rings (SSSR count). The molecule has 1 heterocycles. The van der Waals surface area contributed by atoms with Gasteiger partial charge in [-0.2, -0.15) is 0 Å². The number of anilines is 1. The van der Waals surface area contributed by atoms with E-state index >= 15 is 0 Å². The number of carbonyl (C=O) groups is 1. The van der Waals surface area contributed by atoms with E-state index in [2.05, 4.69) is 0 Å². The number of ether oxygens (including phenoxy) is 1. The summed E-state index contributed by atoms with van der Waals surface area (Å²) in [5, 5.41) is 0. The Morgan fingerprint density at radius 2 is 1.77 bits per heavy atom. The summed E-state index contributed by atoms with van der Waals surface area (Å²) in [6.45, 7) is 5.43. The van der Waals surface area contributed by atoms with Gasteiger partial charge in [-0.15, -0.1) is 11.8 Å². The Kier molecular flexibility index (Phi) is 7.16. The van der Waals surface area contributed by atoms with Crippen LogP contribution in [0.1, 0.15) is 24.2 Å². The van der Waals surface area contributed by atoms with Crippen molar-refractivity contribution in [2.75, 3.05) is 43.6 Å². The first-order valence-corrected chi connectivity index (χ1v) is 13.1. The van der Waals surface area contributed by atoms with E-state index in [9.17, 15) is 17.6 Å². The highest BCUT2D eigenvalue weighted by atomic mass is 32.2. The fourth-order valence-corrected chi connectivity index (χ4v) is 4.53. The Hall–Kier alpha value is -2.26. The van der Waals surface area contributed by atoms with Gasteiger partial charge in [-0.3, -0.25) is 4.79 Å². The molecule has 1 aliphatic rings. The number of rotatable bonds is 6. The Bertz CT molecular complexity index is 1070. The molecule has 2 aromatic carbocycles. The normalized spacial score (nSPS) is 14.8. The molecule has 168 valence electrons. The second kappa shape index (κ2) is 9.48. The second-order valence-corrected chi connectivity index (χ2v) is 10.6. The van der Waals surface area contributed by atoms with Gasteiger partial charge >= 0.3 is 0 Å². The van der Waals surface area contributed by atoms with Crippen LogP contribution in [0, 0.1) is 5.82 Å². The van der Waals surface area contributed by atoms with Crippen LogP contribution in [0.2, 0.25) is 0 Å². The maximum Gasteiger partial charge on any atom is 0.257 e. The smallest absolute Gasteiger partial charge is 0.257 e. The number of sulfone groups is 1. The highest BCUT2D eigenvalue weighted by Gasteiger charge is 2.27. The molecule has 0 N–H and O–H groups in total. The third-order valence-corrected chi connectivity index (χ3v) is 6.87. The number of benzene rings is 2. The van der Waals surface area contributed by atoms with E-state index < -0.39 is 9.84 Å². The lowest BCUT2D eigenvalue weighted by molar-refractivity contribution is 0.0740. The van der Waals surface area contributed by atoms with Crippen LogP contribution >= 0.6 is 11.8 Å². The molecule has 1 aliphatic heterocycles. The van der Waals surface area contributed by atoms with Crippen molar-refractivity contribution in [3.8, 4) is 5.75 Å². The molecule has 0 aliphatic carbocycles. The zero-order chi connectivity index (χ0) is 22.8. The fourth-order valence-electron chi connectivity index (χ4n) is 3.46. The molecule has 9 heteroatoms. The van der Waals surface area contributed by atoms with Crippen LogP contribution in [0.4, 0.5) is 10.1 Å². The van der Waals surface area contributed by atoms with E-state index in [1.807, 2.05) is 31.1 Å². The van der Waals surface area contributed by atoms with Gasteiger partial charge in [-0.25, -0.2) is 12.8 Å². The maximum absolute atomic E-state index is 14.5. The quantitative estimate of drug-likeness (QED) is 0.605. The van der Waals surface area contributed by atoms with Crippen LogP contribution in [0.25, 0.3) is 0 Å². The number of thioether (sulfide) groups is 1. The first-order chi connectivity index (χ1) is 14.6. The number of piperazine rings is 1. The van der Waals surface area contributed by atoms with E-state index in [-0.39, 0.29) is 28.3 Å². The van der Waals surface area contributed by atoms with Gasteiger partial charge in [-0.05, 0) is 56.5 Å². The van der Waals surface area contributed by atoms with Gasteiger partial charge in [0.05, 0.1) is 22.3 Å². The van der Waals surface area contributed by atoms with Gasteiger partial charge in [0.2, 0.25) is 0 Å². The molecule has 0 atom stereocenters. The van der Waals surface area contributed by atoms with E-state index in [0.717, 1.165) is 11.2 Å². The lowest BCUT2D eigenvalue weighted by Gasteiger charge is -2.36. The lowest BCUT2D eigenvalue weighted by atomic mass is 10.1. The van der Waals surface area contributed by atoms with Crippen molar-refractivity contribution in [2.45, 2.75) is 29.7 Å². The van der Waals surface area contributed by atoms with Crippen LogP contribution in [0.3, 0.4) is 0 Å². The molecule has 1 amide bonds. The second-order valence-electron chi connectivity index (χ2n) is 7.69. The minimum Gasteiger partial charge on any atom is -0.490 e. The first-order valence-electron chi connectivity index (χ1n) is 9.98. The average Bonchev–Trinajstić information content (AvgIpc) is 2.72. The molecule has 0 radical (unpaired) electrons. The van der Waals surface area contributed by atoms with Crippen molar-refractivity contribution in [1.29, 1.82) is 0 Å². The Morgan fingerprint density at radius 1 is 1.10 bits per heavy atom. The summed E-state index contributed by atoms with van der Waals surface area (Å²) >= 11 is 1.48. The molecule has 6 nitrogen and oxygen atoms in total. The lowest BCUT2D eigenvalue weighted by Crippen LogP contribution is -2.49. The van der Waals surface area contributed by atoms with E-state index in [1.54, 1.807) is 11.0 Å². The molecule has 1 fully saturated rings. The number of carbonyl (C=O) groups excluding carboxylic acids is 1. The minimum absolute atomic E-state index is 0.0709. The molecule has 0 aromatic heterocycles. The minimum atomic E-state index is -3.47. The van der Waals surface area contributed by atoms with E-state index in [1.165, 1.54) is 36.0 Å². The van der Waals surface area contributed by atoms with Crippen LogP contribution in [-0.4, -0.2) is 64.0 Å². The third kappa shape index (κ3) is 5.51. The zero-order valence-corrected chi connectivity index (χ0v) is 19.7. The summed E-state index contributed by atoms with van der Waals surface area (Å²) in [4.78, 5) is 17.7. The third-order valence-electron chi connectivity index (χ3n) is 5.03. The van der Waals surface area contributed by atoms with Crippen molar-refractivity contribution in [3.63, 3.8) is 0 Å². The highest BCUT2D eigenvalue weighted by molar-refractivity contribution is 7.98. The van der Waals surface area contributed by atoms with Crippen molar-refractivity contribution in [1.82, 2.24) is 4.90 Å². The molecule has 0 spiro atoms. The number of amides is 1. The average molecular weight is 467 g/mol. The summed E-state index contributed by atoms with van der Waals surface area (Å²) in [7, 11) is -3.47. The van der Waals surface area contributed by atoms with Crippen LogP contribution < -0.4 is 9.64 Å². The van der Waals surface area contributed by atoms with Crippen molar-refractivity contribution >= 4 is 33.2 Å². The summed E-state index contributed by atoms with van der Waals surface area (Å²) in [5.74, 6) is -0.215. The summed E-state index contributed by atoms with van der Waals surface area (Å²) in [6.07, 6.45) is 2.84. The molecule has 1 saturated heterocycles. The SMILES string of the molecule is CSc1ccc(N2CCN(C(=O)c3cc(S(C)(=O)=O)ccc3OC(C)C)CC2)c(F)c1. The predicted molar refractivity (Wildman–Crippen MR) is 122 cm³/mol. The molecule has 31 heavy (non-hydrogen) atoms. The highest BCUT2D eigenvalue weighted by Crippen LogP contribution is 2.28. The van der Waals surface area contributed by atoms with E-state index in [0.29, 0.717) is 37.6 Å². The van der Waals surface area contributed by atoms with Gasteiger partial charge in [0.15, 0.2) is 9.84 Å². The Labute approximate surface area is 187 Å². The van der Waals surface area contributed by atoms with E-state index in [4.69, 9.17) is 4.74 Å². The maximum atomic E-state index is 14.5. The fraction of sp³-hybridized carbons (Fsp3) is 0.409. The molecule has 0 unspecified atom stereocenters. The van der Waals surface area contributed by atoms with Crippen molar-refractivity contribution in [2.24, 2.45) is 0 Å². The van der Waals surface area contributed by atoms with Gasteiger partial charge in [-0.1, -0.05) is 0 Å². The number of halogens is 1. The van der Waals surface area contributed by atoms with Crippen molar-refractivity contribution in [3.05, 3.63) is 47.8 Å². The topological polar surface area (TPSA) is 66.9 Å². The summed E-state index contributed by atoms with van der Waals surface area (Å²) < 4.78 is 44.2. The Morgan fingerprint density at radius 3 is 2.32 bits per heavy atom. The first kappa shape index (κ1) is 23.4. The molecule has 2 aromatic rings. The van der Waals surface area contributed by atoms with Gasteiger partial charge in [0, 0.05) is 37.3 Å². The van der Waals surface area contributed by atoms with Gasteiger partial charge in [0.1, 0.15) is 11.6 Å². The van der Waals surface area contributed by atoms with Crippen molar-refractivity contribution < 1.29 is 22.3 Å². The van der Waals surface area contributed by atoms with Gasteiger partial charge < -0.3 is 14.5 Å². The molecule has 0 saturated carbocycles. The monoisotopic (exact) mass is 466 g/mol. The molecular weight excluding hydrogens is 439 g/mol. The van der Waals surface area contributed by atoms with Gasteiger partial charge in [0.25, 0.3) is 5.91 Å². The number of hydrogen-bond donors (Lipinski definition) is 0. The molecular formula is C22H27FN2O4S2. The van der Waals surface area contributed by atoms with Crippen LogP contribution in [-0.2, 0) is 9.84 Å². The standard InChI is InChI=1S/C22H27FN2O4S2/c1-15(2)29-21-8-6-17(31(4,27)28)14-18(21)22(26)25-11-9-24(10-12-25)20-7-5-16(30-3)13-19(20)23/h5-8,13-15H,9-12H2,1-4H3. The van der Waals surface area contributed by atoms with Crippen LogP contribution in [0.5, 0.6) is 5.75 Å². The molecule has 0 bridgehead atoms. The summed E-state index contributed by atoms with van der Waals surface area (Å²) in [6, 6.07) is 9.52. The van der Waals surface area contributed by atoms with Crippen LogP contribution in [0.15, 0.2) is 46.2 Å². The summed E-state index contributed by atoms with van der Waals surface area (Å²) in [5.41, 5.74) is 0.744. The predicted octanol–water partition coefficient (Wildman–Crippen LogP) is 3.70. The largest absolute Gasteiger partial charge is 0.490 e. The number of nitrogens with zero attached hydrogens (tertiary/aromatic N) is 2.